The number of aromatic nitrogens is 2. The molecular formula is C20H23FN4O. The molecule has 0 aliphatic carbocycles. The van der Waals surface area contributed by atoms with Crippen LogP contribution in [-0.4, -0.2) is 52.4 Å². The van der Waals surface area contributed by atoms with Crippen LogP contribution in [0.25, 0.3) is 0 Å². The van der Waals surface area contributed by atoms with Crippen molar-refractivity contribution in [1.82, 2.24) is 19.8 Å². The normalized spacial score (nSPS) is 20.2. The Morgan fingerprint density at radius 3 is 3.00 bits per heavy atom. The fourth-order valence-corrected chi connectivity index (χ4v) is 3.78. The van der Waals surface area contributed by atoms with E-state index in [0.29, 0.717) is 18.7 Å². The Labute approximate surface area is 152 Å². The van der Waals surface area contributed by atoms with Crippen molar-refractivity contribution in [1.29, 1.82) is 0 Å². The summed E-state index contributed by atoms with van der Waals surface area (Å²) < 4.78 is 13.8. The largest absolute Gasteiger partial charge is 0.342 e. The molecule has 5 nitrogen and oxygen atoms in total. The minimum absolute atomic E-state index is 0.0304. The molecule has 0 N–H and O–H groups in total. The van der Waals surface area contributed by atoms with E-state index in [0.717, 1.165) is 37.4 Å². The number of halogens is 1. The van der Waals surface area contributed by atoms with Gasteiger partial charge in [0.25, 0.3) is 0 Å². The summed E-state index contributed by atoms with van der Waals surface area (Å²) in [6.45, 7) is 3.21. The van der Waals surface area contributed by atoms with Crippen LogP contribution >= 0.6 is 0 Å². The average Bonchev–Trinajstić information content (AvgIpc) is 3.13. The van der Waals surface area contributed by atoms with Gasteiger partial charge in [-0.15, -0.1) is 0 Å². The van der Waals surface area contributed by atoms with Crippen LogP contribution in [-0.2, 0) is 24.2 Å². The third kappa shape index (κ3) is 3.46. The Bertz CT molecular complexity index is 825. The Morgan fingerprint density at radius 2 is 2.15 bits per heavy atom. The molecular weight excluding hydrogens is 331 g/mol. The summed E-state index contributed by atoms with van der Waals surface area (Å²) in [6, 6.07) is 6.47. The molecule has 0 spiro atoms. The third-order valence-corrected chi connectivity index (χ3v) is 5.35. The highest BCUT2D eigenvalue weighted by Gasteiger charge is 2.30. The fourth-order valence-electron chi connectivity index (χ4n) is 3.78. The van der Waals surface area contributed by atoms with Crippen LogP contribution in [0.4, 0.5) is 4.39 Å². The molecule has 3 heterocycles. The highest BCUT2D eigenvalue weighted by molar-refractivity contribution is 5.79. The zero-order valence-corrected chi connectivity index (χ0v) is 15.0. The van der Waals surface area contributed by atoms with Crippen LogP contribution < -0.4 is 0 Å². The maximum Gasteiger partial charge on any atom is 0.227 e. The SMILES string of the molecule is CN1CCc2nc(C3CCN(C(=O)Cc4ccccc4F)C3)ncc2C1. The fraction of sp³-hybridized carbons (Fsp3) is 0.450. The van der Waals surface area contributed by atoms with Crippen molar-refractivity contribution in [3.63, 3.8) is 0 Å². The lowest BCUT2D eigenvalue weighted by Gasteiger charge is -2.24. The number of fused-ring (bicyclic) bond motifs is 1. The monoisotopic (exact) mass is 354 g/mol. The van der Waals surface area contributed by atoms with Crippen molar-refractivity contribution in [2.24, 2.45) is 0 Å². The van der Waals surface area contributed by atoms with Crippen LogP contribution in [0, 0.1) is 5.82 Å². The molecule has 1 atom stereocenters. The molecule has 1 aromatic carbocycles. The van der Waals surface area contributed by atoms with E-state index in [-0.39, 0.29) is 24.1 Å². The lowest BCUT2D eigenvalue weighted by atomic mass is 10.1. The molecule has 1 fully saturated rings. The maximum atomic E-state index is 13.8. The van der Waals surface area contributed by atoms with Crippen molar-refractivity contribution in [2.75, 3.05) is 26.7 Å². The summed E-state index contributed by atoms with van der Waals surface area (Å²) in [5.74, 6) is 0.663. The first-order chi connectivity index (χ1) is 12.6. The summed E-state index contributed by atoms with van der Waals surface area (Å²) in [6.07, 6.45) is 3.86. The number of hydrogen-bond acceptors (Lipinski definition) is 4. The molecule has 2 aromatic rings. The number of benzene rings is 1. The summed E-state index contributed by atoms with van der Waals surface area (Å²) in [7, 11) is 2.10. The molecule has 6 heteroatoms. The Kier molecular flexibility index (Phi) is 4.68. The summed E-state index contributed by atoms with van der Waals surface area (Å²) in [5.41, 5.74) is 2.80. The van der Waals surface area contributed by atoms with Crippen LogP contribution in [0.15, 0.2) is 30.5 Å². The van der Waals surface area contributed by atoms with E-state index in [1.165, 1.54) is 11.6 Å². The summed E-state index contributed by atoms with van der Waals surface area (Å²) in [5, 5.41) is 0. The van der Waals surface area contributed by atoms with Crippen molar-refractivity contribution < 1.29 is 9.18 Å². The van der Waals surface area contributed by atoms with Crippen molar-refractivity contribution in [3.8, 4) is 0 Å². The predicted molar refractivity (Wildman–Crippen MR) is 96.1 cm³/mol. The van der Waals surface area contributed by atoms with E-state index in [1.807, 2.05) is 11.1 Å². The maximum absolute atomic E-state index is 13.8. The lowest BCUT2D eigenvalue weighted by Crippen LogP contribution is -2.30. The number of carbonyl (C=O) groups is 1. The van der Waals surface area contributed by atoms with Crippen molar-refractivity contribution in [2.45, 2.75) is 31.7 Å². The van der Waals surface area contributed by atoms with E-state index in [1.54, 1.807) is 18.2 Å². The highest BCUT2D eigenvalue weighted by atomic mass is 19.1. The second kappa shape index (κ2) is 7.11. The van der Waals surface area contributed by atoms with Gasteiger partial charge in [0.05, 0.1) is 6.42 Å². The number of amides is 1. The molecule has 2 aliphatic rings. The van der Waals surface area contributed by atoms with Gasteiger partial charge < -0.3 is 9.80 Å². The van der Waals surface area contributed by atoms with E-state index in [9.17, 15) is 9.18 Å². The summed E-state index contributed by atoms with van der Waals surface area (Å²) in [4.78, 5) is 26.0. The smallest absolute Gasteiger partial charge is 0.227 e. The number of nitrogens with zero attached hydrogens (tertiary/aromatic N) is 4. The van der Waals surface area contributed by atoms with Gasteiger partial charge in [0.1, 0.15) is 11.6 Å². The van der Waals surface area contributed by atoms with Gasteiger partial charge in [-0.25, -0.2) is 14.4 Å². The molecule has 1 unspecified atom stereocenters. The standard InChI is InChI=1S/C20H23FN4O/c1-24-8-7-18-16(12-24)11-22-20(23-18)15-6-9-25(13-15)19(26)10-14-4-2-3-5-17(14)21/h2-5,11,15H,6-10,12-13H2,1H3. The first kappa shape index (κ1) is 17.1. The van der Waals surface area contributed by atoms with Gasteiger partial charge in [-0.05, 0) is 25.1 Å². The van der Waals surface area contributed by atoms with Crippen LogP contribution in [0.5, 0.6) is 0 Å². The molecule has 0 radical (unpaired) electrons. The first-order valence-electron chi connectivity index (χ1n) is 9.14. The third-order valence-electron chi connectivity index (χ3n) is 5.35. The first-order valence-corrected chi connectivity index (χ1v) is 9.14. The molecule has 136 valence electrons. The zero-order chi connectivity index (χ0) is 18.1. The highest BCUT2D eigenvalue weighted by Crippen LogP contribution is 2.27. The van der Waals surface area contributed by atoms with Crippen molar-refractivity contribution in [3.05, 3.63) is 58.9 Å². The topological polar surface area (TPSA) is 49.3 Å². The number of likely N-dealkylation sites (tertiary alicyclic amines) is 1. The second-order valence-corrected chi connectivity index (χ2v) is 7.28. The Balaban J connectivity index is 1.42. The molecule has 1 saturated heterocycles. The van der Waals surface area contributed by atoms with E-state index in [2.05, 4.69) is 16.9 Å². The van der Waals surface area contributed by atoms with E-state index in [4.69, 9.17) is 4.98 Å². The quantitative estimate of drug-likeness (QED) is 0.848. The van der Waals surface area contributed by atoms with Gasteiger partial charge in [-0.1, -0.05) is 18.2 Å². The minimum atomic E-state index is -0.320. The van der Waals surface area contributed by atoms with Crippen LogP contribution in [0.1, 0.15) is 35.0 Å². The van der Waals surface area contributed by atoms with Crippen molar-refractivity contribution >= 4 is 5.91 Å². The van der Waals surface area contributed by atoms with Gasteiger partial charge in [0.15, 0.2) is 0 Å². The van der Waals surface area contributed by atoms with E-state index < -0.39 is 0 Å². The molecule has 1 amide bonds. The Hall–Kier alpha value is -2.34. The molecule has 0 bridgehead atoms. The van der Waals surface area contributed by atoms with Gasteiger partial charge in [0, 0.05) is 56.0 Å². The number of hydrogen-bond donors (Lipinski definition) is 0. The number of rotatable bonds is 3. The number of carbonyl (C=O) groups excluding carboxylic acids is 1. The predicted octanol–water partition coefficient (Wildman–Crippen LogP) is 2.16. The van der Waals surface area contributed by atoms with Crippen LogP contribution in [0.2, 0.25) is 0 Å². The zero-order valence-electron chi connectivity index (χ0n) is 15.0. The Morgan fingerprint density at radius 1 is 1.31 bits per heavy atom. The molecule has 1 aromatic heterocycles. The van der Waals surface area contributed by atoms with Gasteiger partial charge in [-0.2, -0.15) is 0 Å². The molecule has 0 saturated carbocycles. The van der Waals surface area contributed by atoms with Gasteiger partial charge >= 0.3 is 0 Å². The molecule has 26 heavy (non-hydrogen) atoms. The lowest BCUT2D eigenvalue weighted by molar-refractivity contribution is -0.129. The van der Waals surface area contributed by atoms with Gasteiger partial charge in [-0.3, -0.25) is 4.79 Å². The average molecular weight is 354 g/mol. The van der Waals surface area contributed by atoms with Gasteiger partial charge in [0.2, 0.25) is 5.91 Å². The van der Waals surface area contributed by atoms with E-state index >= 15 is 0 Å². The summed E-state index contributed by atoms with van der Waals surface area (Å²) >= 11 is 0. The molecule has 4 rings (SSSR count). The second-order valence-electron chi connectivity index (χ2n) is 7.28. The van der Waals surface area contributed by atoms with Crippen LogP contribution in [0.3, 0.4) is 0 Å². The molecule has 2 aliphatic heterocycles. The minimum Gasteiger partial charge on any atom is -0.342 e. The number of likely N-dealkylation sites (N-methyl/N-ethyl adjacent to an activating group) is 1.